The molecule has 0 radical (unpaired) electrons. The topological polar surface area (TPSA) is 155 Å². The molecule has 1 N–H and O–H groups in total. The molecule has 0 aromatic heterocycles. The standard InChI is InChI=1S/C12H12N2O9S/c15-8-1-2-9(16)13(8)6-5-7(24(20,21)22)12(19)23-14-10(17)3-4-11(14)18/h1-2,7H,3-6H2,(H,20,21,22)/t7-/m0/s1. The van der Waals surface area contributed by atoms with Crippen LogP contribution in [-0.2, 0) is 38.9 Å². The van der Waals surface area contributed by atoms with Crippen molar-refractivity contribution in [3.05, 3.63) is 12.2 Å². The zero-order valence-electron chi connectivity index (χ0n) is 12.1. The van der Waals surface area contributed by atoms with Crippen molar-refractivity contribution in [3.63, 3.8) is 0 Å². The second kappa shape index (κ2) is 6.49. The van der Waals surface area contributed by atoms with Gasteiger partial charge in [-0.1, -0.05) is 0 Å². The summed E-state index contributed by atoms with van der Waals surface area (Å²) < 4.78 is 31.8. The largest absolute Gasteiger partial charge is 0.353 e. The summed E-state index contributed by atoms with van der Waals surface area (Å²) in [5.41, 5.74) is 0. The molecule has 4 amide bonds. The zero-order valence-corrected chi connectivity index (χ0v) is 12.9. The van der Waals surface area contributed by atoms with Gasteiger partial charge >= 0.3 is 5.97 Å². The van der Waals surface area contributed by atoms with E-state index in [0.717, 1.165) is 12.2 Å². The van der Waals surface area contributed by atoms with Gasteiger partial charge in [-0.25, -0.2) is 4.79 Å². The zero-order chi connectivity index (χ0) is 18.1. The summed E-state index contributed by atoms with van der Waals surface area (Å²) >= 11 is 0. The van der Waals surface area contributed by atoms with Gasteiger partial charge in [-0.3, -0.25) is 28.6 Å². The van der Waals surface area contributed by atoms with Crippen molar-refractivity contribution >= 4 is 39.7 Å². The summed E-state index contributed by atoms with van der Waals surface area (Å²) in [6.45, 7) is -0.480. The molecule has 2 aliphatic heterocycles. The summed E-state index contributed by atoms with van der Waals surface area (Å²) in [7, 11) is -4.96. The maximum atomic E-state index is 11.9. The number of hydrogen-bond acceptors (Lipinski definition) is 8. The predicted octanol–water partition coefficient (Wildman–Crippen LogP) is -1.83. The molecule has 0 unspecified atom stereocenters. The molecular weight excluding hydrogens is 348 g/mol. The third-order valence-corrected chi connectivity index (χ3v) is 4.47. The number of hydrogen-bond donors (Lipinski definition) is 1. The third kappa shape index (κ3) is 3.65. The number of amides is 4. The SMILES string of the molecule is O=C(ON1C(=O)CCC1=O)[C@H](CCN1C(=O)C=CC1=O)S(=O)(=O)O. The predicted molar refractivity (Wildman–Crippen MR) is 73.0 cm³/mol. The Morgan fingerprint density at radius 1 is 1.12 bits per heavy atom. The fourth-order valence-electron chi connectivity index (χ4n) is 2.09. The molecular formula is C12H12N2O9S. The number of imide groups is 2. The van der Waals surface area contributed by atoms with E-state index in [4.69, 9.17) is 4.55 Å². The lowest BCUT2D eigenvalue weighted by Crippen LogP contribution is -2.42. The summed E-state index contributed by atoms with van der Waals surface area (Å²) in [6.07, 6.45) is 0.888. The second-order valence-electron chi connectivity index (χ2n) is 4.95. The number of hydroxylamine groups is 2. The Hall–Kier alpha value is -2.60. The van der Waals surface area contributed by atoms with Crippen LogP contribution in [0.1, 0.15) is 19.3 Å². The number of rotatable bonds is 6. The van der Waals surface area contributed by atoms with E-state index in [1.165, 1.54) is 0 Å². The minimum absolute atomic E-state index is 0.133. The van der Waals surface area contributed by atoms with Crippen LogP contribution in [0.4, 0.5) is 0 Å². The minimum atomic E-state index is -4.96. The highest BCUT2D eigenvalue weighted by Crippen LogP contribution is 2.16. The summed E-state index contributed by atoms with van der Waals surface area (Å²) in [6, 6.07) is 0. The molecule has 24 heavy (non-hydrogen) atoms. The Morgan fingerprint density at radius 2 is 1.62 bits per heavy atom. The van der Waals surface area contributed by atoms with E-state index in [-0.39, 0.29) is 17.9 Å². The Kier molecular flexibility index (Phi) is 4.80. The molecule has 0 aromatic rings. The van der Waals surface area contributed by atoms with E-state index in [0.29, 0.717) is 4.90 Å². The van der Waals surface area contributed by atoms with Crippen LogP contribution >= 0.6 is 0 Å². The molecule has 2 heterocycles. The molecule has 2 aliphatic rings. The quantitative estimate of drug-likeness (QED) is 0.425. The monoisotopic (exact) mass is 360 g/mol. The first-order valence-electron chi connectivity index (χ1n) is 6.68. The highest BCUT2D eigenvalue weighted by molar-refractivity contribution is 7.87. The van der Waals surface area contributed by atoms with Gasteiger partial charge in [-0.15, -0.1) is 5.06 Å². The van der Waals surface area contributed by atoms with Crippen LogP contribution in [0.15, 0.2) is 12.2 Å². The first-order valence-corrected chi connectivity index (χ1v) is 8.19. The van der Waals surface area contributed by atoms with Gasteiger partial charge in [0.2, 0.25) is 0 Å². The van der Waals surface area contributed by atoms with E-state index < -0.39 is 57.9 Å². The molecule has 0 spiro atoms. The molecule has 0 saturated carbocycles. The van der Waals surface area contributed by atoms with Crippen molar-refractivity contribution in [3.8, 4) is 0 Å². The minimum Gasteiger partial charge on any atom is -0.329 e. The molecule has 0 bridgehead atoms. The van der Waals surface area contributed by atoms with Crippen LogP contribution in [0.25, 0.3) is 0 Å². The van der Waals surface area contributed by atoms with Crippen LogP contribution < -0.4 is 0 Å². The Morgan fingerprint density at radius 3 is 2.08 bits per heavy atom. The van der Waals surface area contributed by atoms with Gasteiger partial charge in [0, 0.05) is 31.5 Å². The smallest absolute Gasteiger partial charge is 0.329 e. The lowest BCUT2D eigenvalue weighted by Gasteiger charge is -2.19. The lowest BCUT2D eigenvalue weighted by atomic mass is 10.3. The van der Waals surface area contributed by atoms with Crippen molar-refractivity contribution in [2.75, 3.05) is 6.54 Å². The van der Waals surface area contributed by atoms with Crippen molar-refractivity contribution < 1.29 is 41.8 Å². The average Bonchev–Trinajstić information content (AvgIpc) is 2.95. The number of carbonyl (C=O) groups is 5. The molecule has 1 atom stereocenters. The Balaban J connectivity index is 2.07. The van der Waals surface area contributed by atoms with Crippen LogP contribution in [0.5, 0.6) is 0 Å². The van der Waals surface area contributed by atoms with Crippen LogP contribution in [0.2, 0.25) is 0 Å². The molecule has 0 aromatic carbocycles. The molecule has 12 heteroatoms. The van der Waals surface area contributed by atoms with E-state index in [1.807, 2.05) is 0 Å². The maximum absolute atomic E-state index is 11.9. The highest BCUT2D eigenvalue weighted by Gasteiger charge is 2.40. The second-order valence-corrected chi connectivity index (χ2v) is 6.54. The Bertz CT molecular complexity index is 720. The number of carbonyl (C=O) groups excluding carboxylic acids is 5. The van der Waals surface area contributed by atoms with E-state index in [1.54, 1.807) is 0 Å². The van der Waals surface area contributed by atoms with Crippen molar-refractivity contribution in [2.24, 2.45) is 0 Å². The molecule has 11 nitrogen and oxygen atoms in total. The third-order valence-electron chi connectivity index (χ3n) is 3.32. The van der Waals surface area contributed by atoms with Gasteiger partial charge in [-0.2, -0.15) is 8.42 Å². The van der Waals surface area contributed by atoms with E-state index in [9.17, 15) is 32.4 Å². The number of nitrogens with zero attached hydrogens (tertiary/aromatic N) is 2. The van der Waals surface area contributed by atoms with Gasteiger partial charge in [0.05, 0.1) is 0 Å². The average molecular weight is 360 g/mol. The molecule has 2 rings (SSSR count). The van der Waals surface area contributed by atoms with Gasteiger partial charge in [-0.05, 0) is 6.42 Å². The van der Waals surface area contributed by atoms with Crippen molar-refractivity contribution in [1.82, 2.24) is 9.96 Å². The molecule has 1 saturated heterocycles. The fourth-order valence-corrected chi connectivity index (χ4v) is 2.78. The van der Waals surface area contributed by atoms with Gasteiger partial charge in [0.25, 0.3) is 33.7 Å². The maximum Gasteiger partial charge on any atom is 0.353 e. The lowest BCUT2D eigenvalue weighted by molar-refractivity contribution is -0.197. The van der Waals surface area contributed by atoms with E-state index >= 15 is 0 Å². The molecule has 130 valence electrons. The van der Waals surface area contributed by atoms with Gasteiger partial charge in [0.15, 0.2) is 5.25 Å². The summed E-state index contributed by atoms with van der Waals surface area (Å²) in [4.78, 5) is 62.5. The first kappa shape index (κ1) is 17.7. The first-order chi connectivity index (χ1) is 11.1. The van der Waals surface area contributed by atoms with Crippen molar-refractivity contribution in [1.29, 1.82) is 0 Å². The molecule has 0 aliphatic carbocycles. The van der Waals surface area contributed by atoms with Crippen LogP contribution in [0, 0.1) is 0 Å². The summed E-state index contributed by atoms with van der Waals surface area (Å²) in [5, 5.41) is -2.03. The fraction of sp³-hybridized carbons (Fsp3) is 0.417. The van der Waals surface area contributed by atoms with Crippen LogP contribution in [-0.4, -0.2) is 64.3 Å². The normalized spacial score (nSPS) is 19.4. The van der Waals surface area contributed by atoms with E-state index in [2.05, 4.69) is 4.84 Å². The van der Waals surface area contributed by atoms with Gasteiger partial charge < -0.3 is 4.84 Å². The molecule has 1 fully saturated rings. The Labute approximate surface area is 135 Å². The summed E-state index contributed by atoms with van der Waals surface area (Å²) in [5.74, 6) is -4.61. The highest BCUT2D eigenvalue weighted by atomic mass is 32.2. The van der Waals surface area contributed by atoms with Crippen molar-refractivity contribution in [2.45, 2.75) is 24.5 Å². The van der Waals surface area contributed by atoms with Gasteiger partial charge in [0.1, 0.15) is 0 Å². The van der Waals surface area contributed by atoms with Crippen LogP contribution in [0.3, 0.4) is 0 Å².